The van der Waals surface area contributed by atoms with E-state index in [1.54, 1.807) is 0 Å². The molecule has 0 aliphatic heterocycles. The number of primary amides is 1. The van der Waals surface area contributed by atoms with Gasteiger partial charge in [0.25, 0.3) is 5.91 Å². The highest BCUT2D eigenvalue weighted by Crippen LogP contribution is 2.23. The summed E-state index contributed by atoms with van der Waals surface area (Å²) in [6, 6.07) is 10.1. The van der Waals surface area contributed by atoms with Gasteiger partial charge in [-0.1, -0.05) is 17.7 Å². The molecule has 2 aromatic rings. The number of hydrogen-bond acceptors (Lipinski definition) is 5. The van der Waals surface area contributed by atoms with Gasteiger partial charge in [0, 0.05) is 17.1 Å². The Hall–Kier alpha value is -2.62. The van der Waals surface area contributed by atoms with Crippen molar-refractivity contribution in [2.24, 2.45) is 5.73 Å². The predicted octanol–water partition coefficient (Wildman–Crippen LogP) is 1.67. The summed E-state index contributed by atoms with van der Waals surface area (Å²) in [6.07, 6.45) is 0. The second-order valence-corrected chi connectivity index (χ2v) is 7.59. The second kappa shape index (κ2) is 8.17. The molecule has 0 aliphatic carbocycles. The number of sulfone groups is 1. The van der Waals surface area contributed by atoms with Gasteiger partial charge in [0.1, 0.15) is 0 Å². The first-order valence-corrected chi connectivity index (χ1v) is 9.22. The molecule has 0 fully saturated rings. The Kier molecular flexibility index (Phi) is 6.19. The molecule has 0 aromatic heterocycles. The van der Waals surface area contributed by atoms with Crippen LogP contribution in [0.25, 0.3) is 0 Å². The van der Waals surface area contributed by atoms with Gasteiger partial charge in [-0.2, -0.15) is 0 Å². The highest BCUT2D eigenvalue weighted by molar-refractivity contribution is 7.91. The molecule has 3 amide bonds. The van der Waals surface area contributed by atoms with Crippen molar-refractivity contribution in [3.63, 3.8) is 0 Å². The molecule has 0 unspecified atom stereocenters. The Bertz CT molecular complexity index is 916. The zero-order valence-corrected chi connectivity index (χ0v) is 15.0. The smallest absolute Gasteiger partial charge is 0.312 e. The third-order valence-electron chi connectivity index (χ3n) is 3.37. The monoisotopic (exact) mass is 397 g/mol. The molecule has 0 saturated heterocycles. The molecule has 0 heterocycles. The van der Waals surface area contributed by atoms with Gasteiger partial charge in [-0.25, -0.2) is 18.3 Å². The van der Waals surface area contributed by atoms with Gasteiger partial charge in [-0.15, -0.1) is 0 Å². The van der Waals surface area contributed by atoms with Crippen molar-refractivity contribution < 1.29 is 23.2 Å². The lowest BCUT2D eigenvalue weighted by Gasteiger charge is -2.15. The zero-order valence-electron chi connectivity index (χ0n) is 13.4. The summed E-state index contributed by atoms with van der Waals surface area (Å²) < 4.78 is 25.3. The van der Waals surface area contributed by atoms with Crippen molar-refractivity contribution in [3.8, 4) is 0 Å². The molecule has 8 nitrogen and oxygen atoms in total. The van der Waals surface area contributed by atoms with Gasteiger partial charge in [0.05, 0.1) is 16.3 Å². The molecular formula is C16H16ClN3O5S. The fourth-order valence-corrected chi connectivity index (χ4v) is 3.51. The number of carbonyl (C=O) groups is 2. The largest absolute Gasteiger partial charge is 0.352 e. The standard InChI is InChI=1S/C16H16ClN3O5S/c17-12-4-6-13(7-5-12)26(24,25)14-3-1-2-11(10-14)15(21)20(23)9-8-19-16(18)22/h1-7,10,23H,8-9H2,(H3,18,19,22). The second-order valence-electron chi connectivity index (χ2n) is 5.20. The maximum Gasteiger partial charge on any atom is 0.312 e. The van der Waals surface area contributed by atoms with Crippen LogP contribution >= 0.6 is 11.6 Å². The van der Waals surface area contributed by atoms with Crippen LogP contribution in [0.2, 0.25) is 5.02 Å². The van der Waals surface area contributed by atoms with E-state index in [2.05, 4.69) is 5.32 Å². The summed E-state index contributed by atoms with van der Waals surface area (Å²) in [5.74, 6) is -0.815. The van der Waals surface area contributed by atoms with E-state index in [1.807, 2.05) is 0 Å². The number of nitrogens with zero attached hydrogens (tertiary/aromatic N) is 1. The number of benzene rings is 2. The maximum absolute atomic E-state index is 12.6. The van der Waals surface area contributed by atoms with Crippen LogP contribution in [0.3, 0.4) is 0 Å². The van der Waals surface area contributed by atoms with Crippen LogP contribution in [0, 0.1) is 0 Å². The Labute approximate surface area is 155 Å². The zero-order chi connectivity index (χ0) is 19.3. The fraction of sp³-hybridized carbons (Fsp3) is 0.125. The molecule has 26 heavy (non-hydrogen) atoms. The summed E-state index contributed by atoms with van der Waals surface area (Å²) in [6.45, 7) is -0.268. The molecule has 0 saturated carbocycles. The summed E-state index contributed by atoms with van der Waals surface area (Å²) in [5, 5.41) is 12.7. The van der Waals surface area contributed by atoms with Gasteiger partial charge >= 0.3 is 6.03 Å². The molecule has 138 valence electrons. The number of rotatable bonds is 6. The predicted molar refractivity (Wildman–Crippen MR) is 93.8 cm³/mol. The van der Waals surface area contributed by atoms with Crippen LogP contribution in [0.1, 0.15) is 10.4 Å². The van der Waals surface area contributed by atoms with E-state index in [0.29, 0.717) is 10.1 Å². The molecule has 10 heteroatoms. The van der Waals surface area contributed by atoms with E-state index in [0.717, 1.165) is 6.07 Å². The minimum Gasteiger partial charge on any atom is -0.352 e. The van der Waals surface area contributed by atoms with E-state index in [-0.39, 0.29) is 28.4 Å². The van der Waals surface area contributed by atoms with Crippen molar-refractivity contribution in [1.29, 1.82) is 0 Å². The van der Waals surface area contributed by atoms with Crippen molar-refractivity contribution in [3.05, 3.63) is 59.1 Å². The minimum atomic E-state index is -3.85. The van der Waals surface area contributed by atoms with Gasteiger partial charge in [0.2, 0.25) is 9.84 Å². The number of halogens is 1. The van der Waals surface area contributed by atoms with E-state index in [1.165, 1.54) is 42.5 Å². The highest BCUT2D eigenvalue weighted by Gasteiger charge is 2.21. The van der Waals surface area contributed by atoms with Crippen LogP contribution < -0.4 is 11.1 Å². The number of amides is 3. The lowest BCUT2D eigenvalue weighted by Crippen LogP contribution is -2.38. The third kappa shape index (κ3) is 4.72. The molecule has 0 bridgehead atoms. The van der Waals surface area contributed by atoms with Gasteiger partial charge in [-0.05, 0) is 42.5 Å². The van der Waals surface area contributed by atoms with Gasteiger partial charge in [0.15, 0.2) is 0 Å². The molecule has 0 aliphatic rings. The molecule has 2 aromatic carbocycles. The average Bonchev–Trinajstić information content (AvgIpc) is 2.61. The van der Waals surface area contributed by atoms with Gasteiger partial charge in [-0.3, -0.25) is 10.0 Å². The topological polar surface area (TPSA) is 130 Å². The SMILES string of the molecule is NC(=O)NCCN(O)C(=O)c1cccc(S(=O)(=O)c2ccc(Cl)cc2)c1. The number of hydrogen-bond donors (Lipinski definition) is 3. The molecule has 0 spiro atoms. The summed E-state index contributed by atoms with van der Waals surface area (Å²) in [5.41, 5.74) is 4.86. The first-order chi connectivity index (χ1) is 12.2. The van der Waals surface area contributed by atoms with Crippen LogP contribution in [-0.4, -0.2) is 43.7 Å². The number of hydroxylamine groups is 2. The lowest BCUT2D eigenvalue weighted by atomic mass is 10.2. The quantitative estimate of drug-likeness (QED) is 0.504. The Balaban J connectivity index is 2.22. The summed E-state index contributed by atoms with van der Waals surface area (Å²) >= 11 is 5.76. The number of nitrogens with one attached hydrogen (secondary N) is 1. The van der Waals surface area contributed by atoms with Crippen LogP contribution in [0.15, 0.2) is 58.3 Å². The van der Waals surface area contributed by atoms with Crippen LogP contribution in [0.4, 0.5) is 4.79 Å². The fourth-order valence-electron chi connectivity index (χ4n) is 2.08. The molecule has 4 N–H and O–H groups in total. The first-order valence-electron chi connectivity index (χ1n) is 7.36. The maximum atomic E-state index is 12.6. The Morgan fingerprint density at radius 3 is 2.38 bits per heavy atom. The first kappa shape index (κ1) is 19.7. The van der Waals surface area contributed by atoms with E-state index in [9.17, 15) is 23.2 Å². The Morgan fingerprint density at radius 1 is 1.12 bits per heavy atom. The van der Waals surface area contributed by atoms with Crippen molar-refractivity contribution in [2.45, 2.75) is 9.79 Å². The van der Waals surface area contributed by atoms with E-state index < -0.39 is 21.8 Å². The van der Waals surface area contributed by atoms with Crippen molar-refractivity contribution >= 4 is 33.4 Å². The van der Waals surface area contributed by atoms with Crippen molar-refractivity contribution in [2.75, 3.05) is 13.1 Å². The molecule has 0 radical (unpaired) electrons. The van der Waals surface area contributed by atoms with Crippen molar-refractivity contribution in [1.82, 2.24) is 10.4 Å². The molecular weight excluding hydrogens is 382 g/mol. The lowest BCUT2D eigenvalue weighted by molar-refractivity contribution is -0.0564. The molecule has 2 rings (SSSR count). The minimum absolute atomic E-state index is 0.0259. The summed E-state index contributed by atoms with van der Waals surface area (Å²) in [4.78, 5) is 22.7. The van der Waals surface area contributed by atoms with E-state index >= 15 is 0 Å². The summed E-state index contributed by atoms with van der Waals surface area (Å²) in [7, 11) is -3.85. The number of carbonyl (C=O) groups excluding carboxylic acids is 2. The molecule has 0 atom stereocenters. The Morgan fingerprint density at radius 2 is 1.77 bits per heavy atom. The van der Waals surface area contributed by atoms with Crippen LogP contribution in [-0.2, 0) is 9.84 Å². The number of urea groups is 1. The average molecular weight is 398 g/mol. The normalized spacial score (nSPS) is 11.0. The van der Waals surface area contributed by atoms with Gasteiger partial charge < -0.3 is 11.1 Å². The highest BCUT2D eigenvalue weighted by atomic mass is 35.5. The van der Waals surface area contributed by atoms with Crippen LogP contribution in [0.5, 0.6) is 0 Å². The van der Waals surface area contributed by atoms with E-state index in [4.69, 9.17) is 17.3 Å². The number of nitrogens with two attached hydrogens (primary N) is 1. The third-order valence-corrected chi connectivity index (χ3v) is 5.39.